The molecule has 10 nitrogen and oxygen atoms in total. The molecule has 162 valence electrons. The molecular formula is C21H21N3O7. The Labute approximate surface area is 178 Å². The molecule has 10 heteroatoms. The summed E-state index contributed by atoms with van der Waals surface area (Å²) in [4.78, 5) is 38.8. The summed E-state index contributed by atoms with van der Waals surface area (Å²) in [6.45, 7) is 0.281. The Hall–Kier alpha value is -3.95. The number of nitrogens with zero attached hydrogens (tertiary/aromatic N) is 1. The van der Waals surface area contributed by atoms with Gasteiger partial charge < -0.3 is 23.8 Å². The van der Waals surface area contributed by atoms with E-state index in [1.165, 1.54) is 25.2 Å². The Morgan fingerprint density at radius 1 is 1.00 bits per heavy atom. The summed E-state index contributed by atoms with van der Waals surface area (Å²) in [6, 6.07) is 9.81. The highest BCUT2D eigenvalue weighted by Crippen LogP contribution is 2.34. The van der Waals surface area contributed by atoms with E-state index in [9.17, 15) is 14.4 Å². The number of fused-ring (bicyclic) bond motifs is 1. The summed E-state index contributed by atoms with van der Waals surface area (Å²) in [7, 11) is 3.03. The molecule has 0 radical (unpaired) electrons. The number of anilines is 1. The van der Waals surface area contributed by atoms with Crippen LogP contribution in [0.15, 0.2) is 36.4 Å². The van der Waals surface area contributed by atoms with Crippen LogP contribution < -0.4 is 34.7 Å². The van der Waals surface area contributed by atoms with E-state index in [-0.39, 0.29) is 25.7 Å². The molecule has 31 heavy (non-hydrogen) atoms. The van der Waals surface area contributed by atoms with Crippen LogP contribution in [-0.4, -0.2) is 45.3 Å². The first-order chi connectivity index (χ1) is 15.0. The lowest BCUT2D eigenvalue weighted by molar-refractivity contribution is -0.126. The number of nitrogens with one attached hydrogen (secondary N) is 2. The van der Waals surface area contributed by atoms with Crippen LogP contribution >= 0.6 is 0 Å². The largest absolute Gasteiger partial charge is 0.493 e. The molecule has 1 saturated heterocycles. The second-order valence-electron chi connectivity index (χ2n) is 6.96. The van der Waals surface area contributed by atoms with Gasteiger partial charge in [0.1, 0.15) is 0 Å². The number of ether oxygens (including phenoxy) is 4. The van der Waals surface area contributed by atoms with Gasteiger partial charge in [0, 0.05) is 30.3 Å². The molecule has 2 aliphatic rings. The van der Waals surface area contributed by atoms with Crippen molar-refractivity contribution < 1.29 is 33.3 Å². The number of carbonyl (C=O) groups excluding carboxylic acids is 3. The Balaban J connectivity index is 1.36. The minimum absolute atomic E-state index is 0.0278. The van der Waals surface area contributed by atoms with Crippen LogP contribution in [0.2, 0.25) is 0 Å². The van der Waals surface area contributed by atoms with Gasteiger partial charge in [-0.3, -0.25) is 25.2 Å². The van der Waals surface area contributed by atoms with Crippen LogP contribution in [-0.2, 0) is 9.59 Å². The maximum Gasteiger partial charge on any atom is 0.269 e. The Kier molecular flexibility index (Phi) is 5.52. The van der Waals surface area contributed by atoms with Crippen LogP contribution in [0.4, 0.5) is 5.69 Å². The number of hydrogen-bond donors (Lipinski definition) is 2. The van der Waals surface area contributed by atoms with Crippen LogP contribution in [0.5, 0.6) is 23.0 Å². The second-order valence-corrected chi connectivity index (χ2v) is 6.96. The van der Waals surface area contributed by atoms with E-state index in [2.05, 4.69) is 10.9 Å². The minimum Gasteiger partial charge on any atom is -0.493 e. The second kappa shape index (κ2) is 8.42. The van der Waals surface area contributed by atoms with E-state index in [1.807, 2.05) is 0 Å². The zero-order chi connectivity index (χ0) is 22.0. The highest BCUT2D eigenvalue weighted by atomic mass is 16.7. The third-order valence-corrected chi connectivity index (χ3v) is 5.11. The first-order valence-electron chi connectivity index (χ1n) is 9.52. The molecule has 2 aliphatic heterocycles. The normalized spacial score (nSPS) is 16.8. The van der Waals surface area contributed by atoms with Gasteiger partial charge in [-0.05, 0) is 30.3 Å². The van der Waals surface area contributed by atoms with Gasteiger partial charge in [-0.1, -0.05) is 0 Å². The van der Waals surface area contributed by atoms with Crippen molar-refractivity contribution in [3.63, 3.8) is 0 Å². The summed E-state index contributed by atoms with van der Waals surface area (Å²) in [5.41, 5.74) is 5.66. The number of rotatable bonds is 5. The molecule has 0 spiro atoms. The number of hydrogen-bond acceptors (Lipinski definition) is 7. The van der Waals surface area contributed by atoms with Gasteiger partial charge in [-0.25, -0.2) is 0 Å². The van der Waals surface area contributed by atoms with Crippen LogP contribution in [0.1, 0.15) is 16.8 Å². The maximum atomic E-state index is 12.5. The first-order valence-corrected chi connectivity index (χ1v) is 9.52. The van der Waals surface area contributed by atoms with Crippen LogP contribution in [0, 0.1) is 5.92 Å². The molecule has 0 saturated carbocycles. The number of benzene rings is 2. The summed E-state index contributed by atoms with van der Waals surface area (Å²) in [6.07, 6.45) is 0.0278. The molecule has 2 aromatic rings. The topological polar surface area (TPSA) is 115 Å². The average Bonchev–Trinajstić information content (AvgIpc) is 3.42. The Morgan fingerprint density at radius 2 is 1.77 bits per heavy atom. The fraction of sp³-hybridized carbons (Fsp3) is 0.286. The van der Waals surface area contributed by atoms with Crippen molar-refractivity contribution in [1.29, 1.82) is 0 Å². The smallest absolute Gasteiger partial charge is 0.269 e. The quantitative estimate of drug-likeness (QED) is 0.690. The summed E-state index contributed by atoms with van der Waals surface area (Å²) >= 11 is 0. The Morgan fingerprint density at radius 3 is 2.55 bits per heavy atom. The average molecular weight is 427 g/mol. The van der Waals surface area contributed by atoms with Gasteiger partial charge in [0.2, 0.25) is 18.6 Å². The fourth-order valence-electron chi connectivity index (χ4n) is 3.46. The van der Waals surface area contributed by atoms with E-state index in [0.29, 0.717) is 34.2 Å². The molecule has 3 amide bonds. The molecular weight excluding hydrogens is 406 g/mol. The minimum atomic E-state index is -0.613. The summed E-state index contributed by atoms with van der Waals surface area (Å²) in [5, 5.41) is 0. The number of carbonyl (C=O) groups is 3. The molecule has 2 N–H and O–H groups in total. The first kappa shape index (κ1) is 20.3. The molecule has 4 rings (SSSR count). The van der Waals surface area contributed by atoms with Crippen molar-refractivity contribution in [3.05, 3.63) is 42.0 Å². The molecule has 0 aromatic heterocycles. The van der Waals surface area contributed by atoms with Crippen molar-refractivity contribution in [2.24, 2.45) is 5.92 Å². The third-order valence-electron chi connectivity index (χ3n) is 5.11. The van der Waals surface area contributed by atoms with Gasteiger partial charge in [0.15, 0.2) is 23.0 Å². The molecule has 0 aliphatic carbocycles. The monoisotopic (exact) mass is 427 g/mol. The van der Waals surface area contributed by atoms with Crippen molar-refractivity contribution in [2.75, 3.05) is 32.5 Å². The standard InChI is InChI=1S/C21H21N3O7/c1-28-15-6-4-14(9-17(15)29-2)24-10-13(8-19(24)25)21(27)23-22-20(26)12-3-5-16-18(7-12)31-11-30-16/h3-7,9,13H,8,10-11H2,1-2H3,(H,22,26)(H,23,27). The highest BCUT2D eigenvalue weighted by molar-refractivity contribution is 6.01. The molecule has 1 atom stereocenters. The lowest BCUT2D eigenvalue weighted by atomic mass is 10.1. The number of hydrazine groups is 1. The van der Waals surface area contributed by atoms with E-state index >= 15 is 0 Å². The van der Waals surface area contributed by atoms with E-state index < -0.39 is 17.7 Å². The van der Waals surface area contributed by atoms with Crippen molar-refractivity contribution in [3.8, 4) is 23.0 Å². The fourth-order valence-corrected chi connectivity index (χ4v) is 3.46. The molecule has 2 heterocycles. The number of methoxy groups -OCH3 is 2. The van der Waals surface area contributed by atoms with Crippen molar-refractivity contribution >= 4 is 23.4 Å². The SMILES string of the molecule is COc1ccc(N2CC(C(=O)NNC(=O)c3ccc4c(c3)OCO4)CC2=O)cc1OC. The van der Waals surface area contributed by atoms with Gasteiger partial charge in [0.05, 0.1) is 20.1 Å². The van der Waals surface area contributed by atoms with Crippen molar-refractivity contribution in [2.45, 2.75) is 6.42 Å². The predicted octanol–water partition coefficient (Wildman–Crippen LogP) is 1.25. The lowest BCUT2D eigenvalue weighted by Gasteiger charge is -2.18. The molecule has 1 unspecified atom stereocenters. The molecule has 2 aromatic carbocycles. The lowest BCUT2D eigenvalue weighted by Crippen LogP contribution is -2.45. The van der Waals surface area contributed by atoms with Crippen LogP contribution in [0.3, 0.4) is 0 Å². The van der Waals surface area contributed by atoms with E-state index in [1.54, 1.807) is 30.3 Å². The predicted molar refractivity (Wildman–Crippen MR) is 108 cm³/mol. The van der Waals surface area contributed by atoms with Gasteiger partial charge in [0.25, 0.3) is 5.91 Å². The zero-order valence-corrected chi connectivity index (χ0v) is 17.0. The van der Waals surface area contributed by atoms with Crippen LogP contribution in [0.25, 0.3) is 0 Å². The van der Waals surface area contributed by atoms with E-state index in [0.717, 1.165) is 0 Å². The molecule has 1 fully saturated rings. The summed E-state index contributed by atoms with van der Waals surface area (Å²) in [5.74, 6) is 0.270. The zero-order valence-electron chi connectivity index (χ0n) is 17.0. The highest BCUT2D eigenvalue weighted by Gasteiger charge is 2.35. The van der Waals surface area contributed by atoms with Crippen molar-refractivity contribution in [1.82, 2.24) is 10.9 Å². The Bertz CT molecular complexity index is 1040. The third kappa shape index (κ3) is 4.04. The number of amides is 3. The van der Waals surface area contributed by atoms with Gasteiger partial charge in [-0.15, -0.1) is 0 Å². The molecule has 0 bridgehead atoms. The van der Waals surface area contributed by atoms with Gasteiger partial charge >= 0.3 is 0 Å². The van der Waals surface area contributed by atoms with Gasteiger partial charge in [-0.2, -0.15) is 0 Å². The summed E-state index contributed by atoms with van der Waals surface area (Å²) < 4.78 is 20.9. The maximum absolute atomic E-state index is 12.5. The van der Waals surface area contributed by atoms with E-state index in [4.69, 9.17) is 18.9 Å².